The normalized spacial score (nSPS) is 12.8. The summed E-state index contributed by atoms with van der Waals surface area (Å²) in [5.41, 5.74) is 0. The molecule has 0 aliphatic rings. The lowest BCUT2D eigenvalue weighted by molar-refractivity contribution is -0.123. The van der Waals surface area contributed by atoms with Crippen LogP contribution in [0.1, 0.15) is 399 Å². The minimum absolute atomic E-state index is 0.0548. The summed E-state index contributed by atoms with van der Waals surface area (Å²) in [6, 6.07) is -0.621. The summed E-state index contributed by atoms with van der Waals surface area (Å²) in [5, 5.41) is 23.3. The molecule has 2 unspecified atom stereocenters. The smallest absolute Gasteiger partial charge is 0.220 e. The Kier molecular flexibility index (Phi) is 66.6. The minimum atomic E-state index is -0.839. The molecule has 0 aliphatic heterocycles. The SMILES string of the molecule is CCCCCCC/C=C\C/C=C\CCCCCCCCCCCCCCCCCCCCCCCCCCCCCC(=O)NC(CO)C(O)/C=C/CCCCCCCCCCCCCCCCCCCCCCCCC. The maximum Gasteiger partial charge on any atom is 0.220 e. The Balaban J connectivity index is 3.39. The predicted molar refractivity (Wildman–Crippen MR) is 341 cm³/mol. The van der Waals surface area contributed by atoms with Gasteiger partial charge in [-0.15, -0.1) is 0 Å². The van der Waals surface area contributed by atoms with Crippen LogP contribution >= 0.6 is 0 Å². The van der Waals surface area contributed by atoms with Gasteiger partial charge in [0, 0.05) is 6.42 Å². The maximum absolute atomic E-state index is 12.5. The van der Waals surface area contributed by atoms with E-state index >= 15 is 0 Å². The second kappa shape index (κ2) is 67.9. The highest BCUT2D eigenvalue weighted by atomic mass is 16.3. The molecule has 0 aromatic carbocycles. The first-order valence-electron chi connectivity index (χ1n) is 35.2. The van der Waals surface area contributed by atoms with Gasteiger partial charge in [0.1, 0.15) is 0 Å². The fourth-order valence-electron chi connectivity index (χ4n) is 11.3. The van der Waals surface area contributed by atoms with Gasteiger partial charge in [0.05, 0.1) is 18.8 Å². The van der Waals surface area contributed by atoms with Crippen LogP contribution in [-0.2, 0) is 4.79 Å². The van der Waals surface area contributed by atoms with E-state index in [1.54, 1.807) is 6.08 Å². The van der Waals surface area contributed by atoms with Crippen molar-refractivity contribution in [1.29, 1.82) is 0 Å². The van der Waals surface area contributed by atoms with Crippen LogP contribution in [0, 0.1) is 0 Å². The number of hydrogen-bond donors (Lipinski definition) is 3. The topological polar surface area (TPSA) is 69.6 Å². The molecule has 0 heterocycles. The van der Waals surface area contributed by atoms with Crippen LogP contribution in [0.5, 0.6) is 0 Å². The number of hydrogen-bond acceptors (Lipinski definition) is 3. The Morgan fingerprint density at radius 3 is 0.789 bits per heavy atom. The van der Waals surface area contributed by atoms with Gasteiger partial charge in [0.25, 0.3) is 0 Å². The lowest BCUT2D eigenvalue weighted by atomic mass is 10.0. The maximum atomic E-state index is 12.5. The van der Waals surface area contributed by atoms with Gasteiger partial charge in [0.2, 0.25) is 5.91 Å². The van der Waals surface area contributed by atoms with Crippen molar-refractivity contribution in [2.24, 2.45) is 0 Å². The molecule has 0 aromatic rings. The molecule has 0 saturated carbocycles. The van der Waals surface area contributed by atoms with Crippen molar-refractivity contribution in [2.45, 2.75) is 411 Å². The van der Waals surface area contributed by atoms with Crippen molar-refractivity contribution in [3.63, 3.8) is 0 Å². The number of rotatable bonds is 66. The van der Waals surface area contributed by atoms with Gasteiger partial charge in [-0.3, -0.25) is 4.79 Å². The zero-order valence-corrected chi connectivity index (χ0v) is 52.1. The summed E-state index contributed by atoms with van der Waals surface area (Å²) in [6.45, 7) is 4.34. The van der Waals surface area contributed by atoms with Crippen molar-refractivity contribution in [2.75, 3.05) is 6.61 Å². The second-order valence-corrected chi connectivity index (χ2v) is 24.3. The van der Waals surface area contributed by atoms with E-state index in [0.717, 1.165) is 32.1 Å². The van der Waals surface area contributed by atoms with Crippen molar-refractivity contribution >= 4 is 5.91 Å². The molecule has 0 aromatic heterocycles. The molecule has 0 radical (unpaired) electrons. The fraction of sp³-hybridized carbons (Fsp3) is 0.903. The molecular weight excluding hydrogens is 927 g/mol. The lowest BCUT2D eigenvalue weighted by Gasteiger charge is -2.20. The summed E-state index contributed by atoms with van der Waals surface area (Å²) in [5.74, 6) is -0.0548. The van der Waals surface area contributed by atoms with E-state index in [1.165, 1.54) is 347 Å². The van der Waals surface area contributed by atoms with Gasteiger partial charge in [-0.2, -0.15) is 0 Å². The summed E-state index contributed by atoms with van der Waals surface area (Å²) >= 11 is 0. The third kappa shape index (κ3) is 63.4. The molecule has 2 atom stereocenters. The molecule has 76 heavy (non-hydrogen) atoms. The quantitative estimate of drug-likeness (QED) is 0.0420. The van der Waals surface area contributed by atoms with E-state index in [0.29, 0.717) is 6.42 Å². The van der Waals surface area contributed by atoms with Crippen molar-refractivity contribution in [3.05, 3.63) is 36.5 Å². The molecule has 0 bridgehead atoms. The van der Waals surface area contributed by atoms with Crippen molar-refractivity contribution in [1.82, 2.24) is 5.32 Å². The van der Waals surface area contributed by atoms with Gasteiger partial charge in [-0.1, -0.05) is 378 Å². The molecule has 0 saturated heterocycles. The van der Waals surface area contributed by atoms with Crippen LogP contribution in [0.25, 0.3) is 0 Å². The predicted octanol–water partition coefficient (Wildman–Crippen LogP) is 23.9. The Hall–Kier alpha value is -1.39. The first kappa shape index (κ1) is 74.6. The minimum Gasteiger partial charge on any atom is -0.394 e. The molecule has 450 valence electrons. The first-order valence-corrected chi connectivity index (χ1v) is 35.2. The van der Waals surface area contributed by atoms with E-state index in [4.69, 9.17) is 0 Å². The monoisotopic (exact) mass is 1070 g/mol. The Morgan fingerprint density at radius 2 is 0.539 bits per heavy atom. The number of unbranched alkanes of at least 4 members (excludes halogenated alkanes) is 55. The van der Waals surface area contributed by atoms with Crippen LogP contribution in [0.3, 0.4) is 0 Å². The van der Waals surface area contributed by atoms with Crippen LogP contribution < -0.4 is 5.32 Å². The summed E-state index contributed by atoms with van der Waals surface area (Å²) < 4.78 is 0. The number of carbonyl (C=O) groups excluding carboxylic acids is 1. The fourth-order valence-corrected chi connectivity index (χ4v) is 11.3. The van der Waals surface area contributed by atoms with Crippen molar-refractivity contribution < 1.29 is 15.0 Å². The molecule has 1 amide bonds. The van der Waals surface area contributed by atoms with Gasteiger partial charge in [-0.25, -0.2) is 0 Å². The van der Waals surface area contributed by atoms with E-state index in [1.807, 2.05) is 6.08 Å². The molecule has 3 N–H and O–H groups in total. The Labute approximate surface area is 478 Å². The van der Waals surface area contributed by atoms with Gasteiger partial charge >= 0.3 is 0 Å². The van der Waals surface area contributed by atoms with E-state index in [9.17, 15) is 15.0 Å². The number of carbonyl (C=O) groups is 1. The standard InChI is InChI=1S/C72H139NO3/c1-3-5-7-9-11-13-15-17-19-21-23-25-27-29-30-31-32-33-34-35-36-37-38-39-40-41-42-44-46-48-50-52-54-56-58-60-62-64-66-68-72(76)73-70(69-74)71(75)67-65-63-61-59-57-55-53-51-49-47-45-43-28-26-24-22-20-18-16-14-12-10-8-6-4-2/h15,17,21,23,65,67,70-71,74-75H,3-14,16,18-20,22,24-64,66,68-69H2,1-2H3,(H,73,76)/b17-15-,23-21-,67-65+. The van der Waals surface area contributed by atoms with Crippen LogP contribution in [0.4, 0.5) is 0 Å². The summed E-state index contributed by atoms with van der Waals surface area (Å²) in [7, 11) is 0. The molecular formula is C72H139NO3. The number of amides is 1. The highest BCUT2D eigenvalue weighted by molar-refractivity contribution is 5.76. The first-order chi connectivity index (χ1) is 37.7. The number of nitrogens with one attached hydrogen (secondary N) is 1. The molecule has 0 rings (SSSR count). The summed E-state index contributed by atoms with van der Waals surface area (Å²) in [6.07, 6.45) is 93.8. The van der Waals surface area contributed by atoms with Crippen LogP contribution in [0.15, 0.2) is 36.5 Å². The lowest BCUT2D eigenvalue weighted by Crippen LogP contribution is -2.45. The number of allylic oxidation sites excluding steroid dienone is 5. The van der Waals surface area contributed by atoms with E-state index < -0.39 is 12.1 Å². The largest absolute Gasteiger partial charge is 0.394 e. The third-order valence-electron chi connectivity index (χ3n) is 16.6. The van der Waals surface area contributed by atoms with Crippen LogP contribution in [-0.4, -0.2) is 34.9 Å². The second-order valence-electron chi connectivity index (χ2n) is 24.3. The summed E-state index contributed by atoms with van der Waals surface area (Å²) in [4.78, 5) is 12.5. The van der Waals surface area contributed by atoms with Gasteiger partial charge in [0.15, 0.2) is 0 Å². The van der Waals surface area contributed by atoms with E-state index in [-0.39, 0.29) is 12.5 Å². The highest BCUT2D eigenvalue weighted by Gasteiger charge is 2.18. The van der Waals surface area contributed by atoms with Gasteiger partial charge < -0.3 is 15.5 Å². The zero-order valence-electron chi connectivity index (χ0n) is 52.1. The Morgan fingerprint density at radius 1 is 0.316 bits per heavy atom. The third-order valence-corrected chi connectivity index (χ3v) is 16.6. The average molecular weight is 1070 g/mol. The number of aliphatic hydroxyl groups is 2. The van der Waals surface area contributed by atoms with Crippen LogP contribution in [0.2, 0.25) is 0 Å². The molecule has 0 fully saturated rings. The van der Waals surface area contributed by atoms with E-state index in [2.05, 4.69) is 43.5 Å². The number of aliphatic hydroxyl groups excluding tert-OH is 2. The molecule has 0 spiro atoms. The highest BCUT2D eigenvalue weighted by Crippen LogP contribution is 2.19. The zero-order chi connectivity index (χ0) is 54.8. The average Bonchev–Trinajstić information content (AvgIpc) is 3.42. The van der Waals surface area contributed by atoms with Gasteiger partial charge in [-0.05, 0) is 51.4 Å². The molecule has 4 heteroatoms. The molecule has 4 nitrogen and oxygen atoms in total. The Bertz CT molecular complexity index is 1160. The molecule has 0 aliphatic carbocycles. The van der Waals surface area contributed by atoms with Crippen molar-refractivity contribution in [3.8, 4) is 0 Å².